The highest BCUT2D eigenvalue weighted by molar-refractivity contribution is 5.60. The maximum absolute atomic E-state index is 2.50. The summed E-state index contributed by atoms with van der Waals surface area (Å²) in [7, 11) is 4.22. The Morgan fingerprint density at radius 2 is 1.79 bits per heavy atom. The Kier molecular flexibility index (Phi) is 3.98. The molecular formula is C17H27N2+. The highest BCUT2D eigenvalue weighted by Crippen LogP contribution is 2.27. The number of benzene rings is 1. The van der Waals surface area contributed by atoms with E-state index in [1.165, 1.54) is 24.2 Å². The molecule has 0 saturated carbocycles. The molecule has 0 bridgehead atoms. The summed E-state index contributed by atoms with van der Waals surface area (Å²) in [6.45, 7) is 9.11. The maximum atomic E-state index is 2.50. The molecule has 1 saturated heterocycles. The second kappa shape index (κ2) is 5.36. The van der Waals surface area contributed by atoms with Crippen molar-refractivity contribution in [3.63, 3.8) is 0 Å². The van der Waals surface area contributed by atoms with Gasteiger partial charge in [0.2, 0.25) is 0 Å². The number of hydrogen-bond donors (Lipinski definition) is 0. The van der Waals surface area contributed by atoms with Crippen LogP contribution in [0, 0.1) is 5.92 Å². The van der Waals surface area contributed by atoms with Crippen LogP contribution in [0.2, 0.25) is 0 Å². The van der Waals surface area contributed by atoms with Crippen LogP contribution in [0.5, 0.6) is 0 Å². The molecule has 1 aromatic rings. The molecule has 0 radical (unpaired) electrons. The van der Waals surface area contributed by atoms with Crippen molar-refractivity contribution in [1.82, 2.24) is 0 Å². The van der Waals surface area contributed by atoms with Gasteiger partial charge in [0.25, 0.3) is 0 Å². The molecular weight excluding hydrogens is 232 g/mol. The van der Waals surface area contributed by atoms with Gasteiger partial charge in [-0.25, -0.2) is 4.58 Å². The molecule has 2 nitrogen and oxygen atoms in total. The third-order valence-electron chi connectivity index (χ3n) is 3.83. The highest BCUT2D eigenvalue weighted by atomic mass is 15.2. The van der Waals surface area contributed by atoms with E-state index in [0.717, 1.165) is 6.54 Å². The summed E-state index contributed by atoms with van der Waals surface area (Å²) in [6.07, 6.45) is 3.60. The number of rotatable bonds is 2. The molecule has 2 heteroatoms. The summed E-state index contributed by atoms with van der Waals surface area (Å²) < 4.78 is 2.18. The zero-order valence-electron chi connectivity index (χ0n) is 13.0. The molecule has 0 amide bonds. The molecule has 104 valence electrons. The average molecular weight is 259 g/mol. The zero-order chi connectivity index (χ0) is 14.0. The number of anilines is 1. The van der Waals surface area contributed by atoms with E-state index in [2.05, 4.69) is 74.8 Å². The van der Waals surface area contributed by atoms with Crippen molar-refractivity contribution in [3.8, 4) is 0 Å². The van der Waals surface area contributed by atoms with Crippen molar-refractivity contribution < 1.29 is 4.58 Å². The largest absolute Gasteiger partial charge is 0.371 e. The SMILES string of the molecule is C[N+](C)=CC1CCN(c2ccc(C(C)(C)C)cc2)C1. The van der Waals surface area contributed by atoms with E-state index < -0.39 is 0 Å². The first kappa shape index (κ1) is 14.1. The Labute approximate surface area is 117 Å². The summed E-state index contributed by atoms with van der Waals surface area (Å²) in [6, 6.07) is 9.11. The van der Waals surface area contributed by atoms with Gasteiger partial charge in [-0.05, 0) is 29.5 Å². The minimum atomic E-state index is 0.241. The second-order valence-electron chi connectivity index (χ2n) is 6.90. The monoisotopic (exact) mass is 259 g/mol. The fraction of sp³-hybridized carbons (Fsp3) is 0.588. The van der Waals surface area contributed by atoms with E-state index in [0.29, 0.717) is 5.92 Å². The van der Waals surface area contributed by atoms with Crippen molar-refractivity contribution in [3.05, 3.63) is 29.8 Å². The van der Waals surface area contributed by atoms with Gasteiger partial charge in [0, 0.05) is 18.8 Å². The van der Waals surface area contributed by atoms with Gasteiger partial charge < -0.3 is 4.90 Å². The molecule has 1 aliphatic heterocycles. The lowest BCUT2D eigenvalue weighted by Crippen LogP contribution is -2.21. The summed E-state index contributed by atoms with van der Waals surface area (Å²) in [5.41, 5.74) is 3.01. The molecule has 2 rings (SSSR count). The normalized spacial score (nSPS) is 19.6. The van der Waals surface area contributed by atoms with Crippen LogP contribution in [0.25, 0.3) is 0 Å². The fourth-order valence-electron chi connectivity index (χ4n) is 2.74. The first-order valence-electron chi connectivity index (χ1n) is 7.23. The lowest BCUT2D eigenvalue weighted by Gasteiger charge is -2.22. The first-order valence-corrected chi connectivity index (χ1v) is 7.23. The Hall–Kier alpha value is -1.31. The van der Waals surface area contributed by atoms with Crippen molar-refractivity contribution in [1.29, 1.82) is 0 Å². The number of nitrogens with zero attached hydrogens (tertiary/aromatic N) is 2. The van der Waals surface area contributed by atoms with Crippen molar-refractivity contribution in [2.24, 2.45) is 5.92 Å². The molecule has 0 aliphatic carbocycles. The molecule has 1 atom stereocenters. The van der Waals surface area contributed by atoms with Gasteiger partial charge in [-0.15, -0.1) is 0 Å². The molecule has 0 spiro atoms. The maximum Gasteiger partial charge on any atom is 0.144 e. The minimum Gasteiger partial charge on any atom is -0.371 e. The molecule has 19 heavy (non-hydrogen) atoms. The van der Waals surface area contributed by atoms with Crippen LogP contribution in [-0.4, -0.2) is 38.0 Å². The van der Waals surface area contributed by atoms with Gasteiger partial charge in [-0.1, -0.05) is 32.9 Å². The van der Waals surface area contributed by atoms with Crippen LogP contribution in [0.1, 0.15) is 32.8 Å². The van der Waals surface area contributed by atoms with E-state index in [1.807, 2.05) is 0 Å². The summed E-state index contributed by atoms with van der Waals surface area (Å²) in [4.78, 5) is 2.50. The fourth-order valence-corrected chi connectivity index (χ4v) is 2.74. The zero-order valence-corrected chi connectivity index (χ0v) is 13.0. The van der Waals surface area contributed by atoms with Crippen LogP contribution in [0.3, 0.4) is 0 Å². The summed E-state index contributed by atoms with van der Waals surface area (Å²) in [5, 5.41) is 0. The smallest absolute Gasteiger partial charge is 0.144 e. The molecule has 1 unspecified atom stereocenters. The van der Waals surface area contributed by atoms with E-state index in [9.17, 15) is 0 Å². The first-order chi connectivity index (χ1) is 8.86. The molecule has 0 N–H and O–H groups in total. The third kappa shape index (κ3) is 3.59. The second-order valence-corrected chi connectivity index (χ2v) is 6.90. The Balaban J connectivity index is 2.06. The standard InChI is InChI=1S/C17H27N2/c1-17(2,3)15-6-8-16(9-7-15)19-11-10-14(13-19)12-18(4)5/h6-9,12,14H,10-11,13H2,1-5H3/q+1. The van der Waals surface area contributed by atoms with E-state index in [4.69, 9.17) is 0 Å². The van der Waals surface area contributed by atoms with Crippen LogP contribution in [0.4, 0.5) is 5.69 Å². The molecule has 1 aromatic carbocycles. The van der Waals surface area contributed by atoms with E-state index in [-0.39, 0.29) is 5.41 Å². The van der Waals surface area contributed by atoms with Crippen LogP contribution >= 0.6 is 0 Å². The average Bonchev–Trinajstić information content (AvgIpc) is 2.75. The van der Waals surface area contributed by atoms with Crippen molar-refractivity contribution in [2.45, 2.75) is 32.6 Å². The van der Waals surface area contributed by atoms with E-state index in [1.54, 1.807) is 0 Å². The van der Waals surface area contributed by atoms with E-state index >= 15 is 0 Å². The van der Waals surface area contributed by atoms with Gasteiger partial charge in [0.1, 0.15) is 20.3 Å². The molecule has 0 aromatic heterocycles. The highest BCUT2D eigenvalue weighted by Gasteiger charge is 2.23. The molecule has 1 aliphatic rings. The number of hydrogen-bond acceptors (Lipinski definition) is 1. The third-order valence-corrected chi connectivity index (χ3v) is 3.83. The Bertz CT molecular complexity index is 447. The minimum absolute atomic E-state index is 0.241. The topological polar surface area (TPSA) is 6.25 Å². The Morgan fingerprint density at radius 3 is 2.32 bits per heavy atom. The van der Waals surface area contributed by atoms with Gasteiger partial charge in [0.05, 0.1) is 5.92 Å². The van der Waals surface area contributed by atoms with Gasteiger partial charge in [-0.3, -0.25) is 0 Å². The quantitative estimate of drug-likeness (QED) is 0.584. The van der Waals surface area contributed by atoms with Crippen LogP contribution in [0.15, 0.2) is 24.3 Å². The van der Waals surface area contributed by atoms with Crippen molar-refractivity contribution >= 4 is 11.9 Å². The summed E-state index contributed by atoms with van der Waals surface area (Å²) >= 11 is 0. The summed E-state index contributed by atoms with van der Waals surface area (Å²) in [5.74, 6) is 0.692. The van der Waals surface area contributed by atoms with Crippen molar-refractivity contribution in [2.75, 3.05) is 32.1 Å². The molecule has 1 fully saturated rings. The molecule has 1 heterocycles. The lowest BCUT2D eigenvalue weighted by molar-refractivity contribution is -0.461. The van der Waals surface area contributed by atoms with Gasteiger partial charge in [-0.2, -0.15) is 0 Å². The Morgan fingerprint density at radius 1 is 1.16 bits per heavy atom. The predicted molar refractivity (Wildman–Crippen MR) is 83.6 cm³/mol. The van der Waals surface area contributed by atoms with Crippen LogP contribution in [-0.2, 0) is 5.41 Å². The lowest BCUT2D eigenvalue weighted by atomic mass is 9.87. The van der Waals surface area contributed by atoms with Crippen LogP contribution < -0.4 is 4.90 Å². The van der Waals surface area contributed by atoms with Gasteiger partial charge >= 0.3 is 0 Å². The van der Waals surface area contributed by atoms with Gasteiger partial charge in [0.15, 0.2) is 0 Å². The predicted octanol–water partition coefficient (Wildman–Crippen LogP) is 3.15.